The van der Waals surface area contributed by atoms with Gasteiger partial charge in [-0.25, -0.2) is 8.78 Å². The molecular formula is C17H15ClF2O. The monoisotopic (exact) mass is 308 g/mol. The smallest absolute Gasteiger partial charge is 0.142 e. The molecule has 0 aromatic heterocycles. The van der Waals surface area contributed by atoms with Gasteiger partial charge < -0.3 is 5.11 Å². The Morgan fingerprint density at radius 2 is 1.86 bits per heavy atom. The van der Waals surface area contributed by atoms with E-state index in [1.165, 1.54) is 6.42 Å². The Hall–Kier alpha value is -1.45. The van der Waals surface area contributed by atoms with Crippen LogP contribution >= 0.6 is 11.6 Å². The Morgan fingerprint density at radius 1 is 1.10 bits per heavy atom. The summed E-state index contributed by atoms with van der Waals surface area (Å²) in [5, 5.41) is 10.0. The van der Waals surface area contributed by atoms with Gasteiger partial charge in [-0.3, -0.25) is 0 Å². The zero-order chi connectivity index (χ0) is 15.0. The van der Waals surface area contributed by atoms with E-state index in [0.717, 1.165) is 30.5 Å². The maximum Gasteiger partial charge on any atom is 0.142 e. The third kappa shape index (κ3) is 2.81. The molecule has 0 spiro atoms. The molecule has 2 aromatic rings. The fraction of sp³-hybridized carbons (Fsp3) is 0.294. The molecule has 1 unspecified atom stereocenters. The summed E-state index contributed by atoms with van der Waals surface area (Å²) in [7, 11) is 0. The van der Waals surface area contributed by atoms with Crippen molar-refractivity contribution in [2.75, 3.05) is 0 Å². The van der Waals surface area contributed by atoms with Crippen LogP contribution < -0.4 is 0 Å². The van der Waals surface area contributed by atoms with Gasteiger partial charge in [0.05, 0.1) is 5.02 Å². The van der Waals surface area contributed by atoms with Crippen LogP contribution in [0.25, 0.3) is 0 Å². The van der Waals surface area contributed by atoms with Crippen molar-refractivity contribution in [1.29, 1.82) is 0 Å². The van der Waals surface area contributed by atoms with Gasteiger partial charge >= 0.3 is 0 Å². The van der Waals surface area contributed by atoms with Gasteiger partial charge in [0, 0.05) is 5.56 Å². The van der Waals surface area contributed by atoms with Crippen LogP contribution in [0.4, 0.5) is 8.78 Å². The number of benzene rings is 2. The molecule has 0 heterocycles. The lowest BCUT2D eigenvalue weighted by molar-refractivity contribution is 0.214. The standard InChI is InChI=1S/C17H15ClF2O/c18-14-9-15(19)13(8-16(14)20)17(21)12-6-2-5-11(7-12)10-3-1-4-10/h2,5-10,17,21H,1,3-4H2. The molecule has 0 bridgehead atoms. The van der Waals surface area contributed by atoms with Gasteiger partial charge in [0.1, 0.15) is 17.7 Å². The van der Waals surface area contributed by atoms with E-state index < -0.39 is 17.7 Å². The summed E-state index contributed by atoms with van der Waals surface area (Å²) in [5.74, 6) is -0.922. The van der Waals surface area contributed by atoms with Crippen LogP contribution in [0.1, 0.15) is 48.0 Å². The number of rotatable bonds is 3. The Labute approximate surface area is 127 Å². The summed E-state index contributed by atoms with van der Waals surface area (Å²) in [6.45, 7) is 0. The Balaban J connectivity index is 1.94. The number of hydrogen-bond donors (Lipinski definition) is 1. The first kappa shape index (κ1) is 14.5. The molecule has 110 valence electrons. The van der Waals surface area contributed by atoms with Gasteiger partial charge in [-0.1, -0.05) is 42.3 Å². The molecule has 1 N–H and O–H groups in total. The van der Waals surface area contributed by atoms with E-state index in [1.807, 2.05) is 18.2 Å². The lowest BCUT2D eigenvalue weighted by Crippen LogP contribution is -2.10. The second kappa shape index (κ2) is 5.74. The maximum absolute atomic E-state index is 13.9. The first-order chi connectivity index (χ1) is 10.1. The minimum absolute atomic E-state index is 0.0948. The predicted octanol–water partition coefficient (Wildman–Crippen LogP) is 4.97. The van der Waals surface area contributed by atoms with Gasteiger partial charge in [0.2, 0.25) is 0 Å². The molecule has 2 aromatic carbocycles. The Bertz CT molecular complexity index is 668. The highest BCUT2D eigenvalue weighted by Gasteiger charge is 2.22. The van der Waals surface area contributed by atoms with E-state index in [0.29, 0.717) is 11.5 Å². The third-order valence-corrected chi connectivity index (χ3v) is 4.43. The zero-order valence-corrected chi connectivity index (χ0v) is 12.1. The molecule has 1 aliphatic rings. The van der Waals surface area contributed by atoms with Crippen molar-refractivity contribution < 1.29 is 13.9 Å². The molecule has 4 heteroatoms. The van der Waals surface area contributed by atoms with Crippen LogP contribution in [0.3, 0.4) is 0 Å². The van der Waals surface area contributed by atoms with Crippen molar-refractivity contribution in [3.63, 3.8) is 0 Å². The van der Waals surface area contributed by atoms with Crippen molar-refractivity contribution in [3.8, 4) is 0 Å². The van der Waals surface area contributed by atoms with E-state index in [4.69, 9.17) is 11.6 Å². The zero-order valence-electron chi connectivity index (χ0n) is 11.3. The molecule has 1 atom stereocenters. The summed E-state index contributed by atoms with van der Waals surface area (Å²) in [6, 6.07) is 9.30. The van der Waals surface area contributed by atoms with Gasteiger partial charge in [0.15, 0.2) is 0 Å². The molecule has 0 amide bonds. The molecule has 1 nitrogen and oxygen atoms in total. The SMILES string of the molecule is OC(c1cccc(C2CCC2)c1)c1cc(F)c(Cl)cc1F. The second-order valence-electron chi connectivity index (χ2n) is 5.49. The first-order valence-electron chi connectivity index (χ1n) is 6.98. The topological polar surface area (TPSA) is 20.2 Å². The van der Waals surface area contributed by atoms with Gasteiger partial charge in [-0.2, -0.15) is 0 Å². The summed E-state index contributed by atoms with van der Waals surface area (Å²) in [6.07, 6.45) is 2.30. The fourth-order valence-electron chi connectivity index (χ4n) is 2.65. The van der Waals surface area contributed by atoms with E-state index >= 15 is 0 Å². The van der Waals surface area contributed by atoms with E-state index in [2.05, 4.69) is 0 Å². The minimum atomic E-state index is -1.20. The molecule has 0 aliphatic heterocycles. The highest BCUT2D eigenvalue weighted by atomic mass is 35.5. The summed E-state index contributed by atoms with van der Waals surface area (Å²) in [4.78, 5) is 0. The van der Waals surface area contributed by atoms with Crippen molar-refractivity contribution in [3.05, 3.63) is 69.7 Å². The maximum atomic E-state index is 13.9. The highest BCUT2D eigenvalue weighted by Crippen LogP contribution is 2.37. The number of aliphatic hydroxyl groups is 1. The van der Waals surface area contributed by atoms with E-state index in [-0.39, 0.29) is 10.6 Å². The molecule has 0 radical (unpaired) electrons. The van der Waals surface area contributed by atoms with Crippen molar-refractivity contribution in [1.82, 2.24) is 0 Å². The average molecular weight is 309 g/mol. The second-order valence-corrected chi connectivity index (χ2v) is 5.90. The normalized spacial score (nSPS) is 16.6. The lowest BCUT2D eigenvalue weighted by Gasteiger charge is -2.26. The average Bonchev–Trinajstić information content (AvgIpc) is 2.40. The quantitative estimate of drug-likeness (QED) is 0.794. The predicted molar refractivity (Wildman–Crippen MR) is 78.5 cm³/mol. The van der Waals surface area contributed by atoms with Crippen molar-refractivity contribution >= 4 is 11.6 Å². The largest absolute Gasteiger partial charge is 0.384 e. The third-order valence-electron chi connectivity index (χ3n) is 4.14. The van der Waals surface area contributed by atoms with Crippen LogP contribution in [0.2, 0.25) is 5.02 Å². The molecule has 21 heavy (non-hydrogen) atoms. The number of aliphatic hydroxyl groups excluding tert-OH is 1. The van der Waals surface area contributed by atoms with Crippen LogP contribution in [0, 0.1) is 11.6 Å². The summed E-state index contributed by atoms with van der Waals surface area (Å²) >= 11 is 5.53. The highest BCUT2D eigenvalue weighted by molar-refractivity contribution is 6.30. The molecule has 0 saturated heterocycles. The fourth-order valence-corrected chi connectivity index (χ4v) is 2.80. The molecule has 1 saturated carbocycles. The van der Waals surface area contributed by atoms with Crippen molar-refractivity contribution in [2.24, 2.45) is 0 Å². The van der Waals surface area contributed by atoms with Gasteiger partial charge in [0.25, 0.3) is 0 Å². The van der Waals surface area contributed by atoms with Gasteiger partial charge in [-0.15, -0.1) is 0 Å². The lowest BCUT2D eigenvalue weighted by atomic mass is 9.79. The number of halogens is 3. The Morgan fingerprint density at radius 3 is 2.52 bits per heavy atom. The molecular weight excluding hydrogens is 294 g/mol. The summed E-state index contributed by atoms with van der Waals surface area (Å²) < 4.78 is 27.4. The number of hydrogen-bond acceptors (Lipinski definition) is 1. The van der Waals surface area contributed by atoms with E-state index in [9.17, 15) is 13.9 Å². The van der Waals surface area contributed by atoms with E-state index in [1.54, 1.807) is 6.07 Å². The molecule has 1 fully saturated rings. The molecule has 3 rings (SSSR count). The first-order valence-corrected chi connectivity index (χ1v) is 7.36. The van der Waals surface area contributed by atoms with Crippen LogP contribution in [0.15, 0.2) is 36.4 Å². The summed E-state index contributed by atoms with van der Waals surface area (Å²) in [5.41, 5.74) is 1.62. The van der Waals surface area contributed by atoms with Crippen LogP contribution in [-0.4, -0.2) is 5.11 Å². The molecule has 1 aliphatic carbocycles. The minimum Gasteiger partial charge on any atom is -0.384 e. The van der Waals surface area contributed by atoms with Crippen LogP contribution in [0.5, 0.6) is 0 Å². The van der Waals surface area contributed by atoms with Crippen LogP contribution in [-0.2, 0) is 0 Å². The van der Waals surface area contributed by atoms with Gasteiger partial charge in [-0.05, 0) is 42.0 Å². The Kier molecular flexibility index (Phi) is 3.96. The van der Waals surface area contributed by atoms with Crippen molar-refractivity contribution in [2.45, 2.75) is 31.3 Å².